The van der Waals surface area contributed by atoms with Gasteiger partial charge in [0, 0.05) is 12.6 Å². The highest BCUT2D eigenvalue weighted by atomic mass is 14.9. The van der Waals surface area contributed by atoms with Crippen molar-refractivity contribution < 1.29 is 0 Å². The molecule has 1 unspecified atom stereocenters. The zero-order chi connectivity index (χ0) is 11.9. The molecular formula is C14H30N2. The van der Waals surface area contributed by atoms with Crippen LogP contribution in [0.15, 0.2) is 0 Å². The van der Waals surface area contributed by atoms with Gasteiger partial charge in [0.1, 0.15) is 0 Å². The van der Waals surface area contributed by atoms with Gasteiger partial charge in [-0.1, -0.05) is 26.2 Å². The fraction of sp³-hybridized carbons (Fsp3) is 1.00. The van der Waals surface area contributed by atoms with E-state index >= 15 is 0 Å². The van der Waals surface area contributed by atoms with Crippen molar-refractivity contribution in [1.82, 2.24) is 5.32 Å². The van der Waals surface area contributed by atoms with Crippen molar-refractivity contribution >= 4 is 0 Å². The zero-order valence-corrected chi connectivity index (χ0v) is 11.2. The van der Waals surface area contributed by atoms with Gasteiger partial charge in [0.25, 0.3) is 0 Å². The Morgan fingerprint density at radius 2 is 1.94 bits per heavy atom. The van der Waals surface area contributed by atoms with E-state index in [1.165, 1.54) is 64.5 Å². The van der Waals surface area contributed by atoms with Gasteiger partial charge < -0.3 is 11.1 Å². The summed E-state index contributed by atoms with van der Waals surface area (Å²) in [7, 11) is 0. The van der Waals surface area contributed by atoms with Crippen LogP contribution in [0.5, 0.6) is 0 Å². The van der Waals surface area contributed by atoms with E-state index in [9.17, 15) is 0 Å². The third-order valence-electron chi connectivity index (χ3n) is 4.18. The van der Waals surface area contributed by atoms with Crippen LogP contribution in [0.25, 0.3) is 0 Å². The average molecular weight is 226 g/mol. The van der Waals surface area contributed by atoms with Crippen LogP contribution < -0.4 is 11.1 Å². The second kappa shape index (κ2) is 7.29. The van der Waals surface area contributed by atoms with Crippen molar-refractivity contribution in [2.24, 2.45) is 11.1 Å². The van der Waals surface area contributed by atoms with Crippen molar-refractivity contribution in [1.29, 1.82) is 0 Å². The SMILES string of the molecule is CCC1(CNCCCCC(C)N)CCCC1. The third-order valence-corrected chi connectivity index (χ3v) is 4.18. The second-order valence-electron chi connectivity index (χ2n) is 5.71. The summed E-state index contributed by atoms with van der Waals surface area (Å²) in [4.78, 5) is 0. The van der Waals surface area contributed by atoms with E-state index in [1.54, 1.807) is 0 Å². The molecule has 0 spiro atoms. The van der Waals surface area contributed by atoms with Gasteiger partial charge in [-0.05, 0) is 51.0 Å². The molecule has 0 aliphatic heterocycles. The van der Waals surface area contributed by atoms with E-state index < -0.39 is 0 Å². The molecule has 1 fully saturated rings. The van der Waals surface area contributed by atoms with Gasteiger partial charge in [-0.3, -0.25) is 0 Å². The maximum atomic E-state index is 5.73. The molecule has 2 nitrogen and oxygen atoms in total. The van der Waals surface area contributed by atoms with Crippen LogP contribution in [0.4, 0.5) is 0 Å². The number of unbranched alkanes of at least 4 members (excludes halogenated alkanes) is 1. The molecule has 0 bridgehead atoms. The minimum atomic E-state index is 0.372. The second-order valence-corrected chi connectivity index (χ2v) is 5.71. The minimum Gasteiger partial charge on any atom is -0.328 e. The highest BCUT2D eigenvalue weighted by Crippen LogP contribution is 2.40. The molecule has 0 aromatic rings. The van der Waals surface area contributed by atoms with E-state index in [0.717, 1.165) is 0 Å². The summed E-state index contributed by atoms with van der Waals surface area (Å²) in [6.07, 6.45) is 10.8. The van der Waals surface area contributed by atoms with Crippen LogP contribution in [0.3, 0.4) is 0 Å². The lowest BCUT2D eigenvalue weighted by Crippen LogP contribution is -2.32. The van der Waals surface area contributed by atoms with Crippen molar-refractivity contribution in [3.8, 4) is 0 Å². The Balaban J connectivity index is 2.01. The Kier molecular flexibility index (Phi) is 6.37. The van der Waals surface area contributed by atoms with Gasteiger partial charge in [0.2, 0.25) is 0 Å². The van der Waals surface area contributed by atoms with E-state index in [4.69, 9.17) is 5.73 Å². The lowest BCUT2D eigenvalue weighted by atomic mass is 9.83. The summed E-state index contributed by atoms with van der Waals surface area (Å²) >= 11 is 0. The number of rotatable bonds is 8. The van der Waals surface area contributed by atoms with Crippen molar-refractivity contribution in [3.63, 3.8) is 0 Å². The average Bonchev–Trinajstić information content (AvgIpc) is 2.72. The van der Waals surface area contributed by atoms with Crippen LogP contribution in [-0.4, -0.2) is 19.1 Å². The van der Waals surface area contributed by atoms with Crippen molar-refractivity contribution in [2.45, 2.75) is 71.3 Å². The molecule has 1 saturated carbocycles. The molecule has 0 radical (unpaired) electrons. The molecule has 0 amide bonds. The molecule has 1 atom stereocenters. The largest absolute Gasteiger partial charge is 0.328 e. The first-order valence-electron chi connectivity index (χ1n) is 7.15. The molecule has 2 heteroatoms. The summed E-state index contributed by atoms with van der Waals surface area (Å²) in [6, 6.07) is 0.372. The molecule has 0 heterocycles. The summed E-state index contributed by atoms with van der Waals surface area (Å²) in [5.74, 6) is 0. The fourth-order valence-electron chi connectivity index (χ4n) is 2.85. The molecule has 0 aromatic heterocycles. The first-order valence-corrected chi connectivity index (χ1v) is 7.15. The van der Waals surface area contributed by atoms with E-state index in [0.29, 0.717) is 11.5 Å². The Labute approximate surface area is 101 Å². The third kappa shape index (κ3) is 4.84. The van der Waals surface area contributed by atoms with E-state index in [1.807, 2.05) is 0 Å². The minimum absolute atomic E-state index is 0.372. The van der Waals surface area contributed by atoms with E-state index in [2.05, 4.69) is 19.2 Å². The first-order chi connectivity index (χ1) is 7.68. The monoisotopic (exact) mass is 226 g/mol. The van der Waals surface area contributed by atoms with Gasteiger partial charge in [-0.15, -0.1) is 0 Å². The van der Waals surface area contributed by atoms with Crippen molar-refractivity contribution in [3.05, 3.63) is 0 Å². The number of hydrogen-bond acceptors (Lipinski definition) is 2. The first kappa shape index (κ1) is 14.0. The standard InChI is InChI=1S/C14H30N2/c1-3-14(9-5-6-10-14)12-16-11-7-4-8-13(2)15/h13,16H,3-12,15H2,1-2H3. The highest BCUT2D eigenvalue weighted by Gasteiger charge is 2.31. The molecule has 0 aromatic carbocycles. The van der Waals surface area contributed by atoms with Gasteiger partial charge >= 0.3 is 0 Å². The predicted octanol–water partition coefficient (Wildman–Crippen LogP) is 3.06. The van der Waals surface area contributed by atoms with Crippen LogP contribution in [0, 0.1) is 5.41 Å². The summed E-state index contributed by atoms with van der Waals surface area (Å²) < 4.78 is 0. The van der Waals surface area contributed by atoms with Crippen LogP contribution in [0.2, 0.25) is 0 Å². The molecule has 1 aliphatic rings. The Morgan fingerprint density at radius 3 is 2.50 bits per heavy atom. The Hall–Kier alpha value is -0.0800. The number of nitrogens with two attached hydrogens (primary N) is 1. The van der Waals surface area contributed by atoms with Crippen LogP contribution in [-0.2, 0) is 0 Å². The summed E-state index contributed by atoms with van der Waals surface area (Å²) in [5, 5.41) is 3.65. The van der Waals surface area contributed by atoms with Crippen LogP contribution in [0.1, 0.15) is 65.2 Å². The number of hydrogen-bond donors (Lipinski definition) is 2. The molecular weight excluding hydrogens is 196 g/mol. The zero-order valence-electron chi connectivity index (χ0n) is 11.2. The number of nitrogens with one attached hydrogen (secondary N) is 1. The molecule has 96 valence electrons. The van der Waals surface area contributed by atoms with Gasteiger partial charge in [0.05, 0.1) is 0 Å². The summed E-state index contributed by atoms with van der Waals surface area (Å²) in [6.45, 7) is 6.86. The van der Waals surface area contributed by atoms with E-state index in [-0.39, 0.29) is 0 Å². The lowest BCUT2D eigenvalue weighted by molar-refractivity contribution is 0.268. The fourth-order valence-corrected chi connectivity index (χ4v) is 2.85. The normalized spacial score (nSPS) is 21.2. The van der Waals surface area contributed by atoms with Crippen molar-refractivity contribution in [2.75, 3.05) is 13.1 Å². The van der Waals surface area contributed by atoms with Gasteiger partial charge in [-0.2, -0.15) is 0 Å². The highest BCUT2D eigenvalue weighted by molar-refractivity contribution is 4.85. The quantitative estimate of drug-likeness (QED) is 0.624. The smallest absolute Gasteiger partial charge is 0.00104 e. The predicted molar refractivity (Wildman–Crippen MR) is 71.6 cm³/mol. The summed E-state index contributed by atoms with van der Waals surface area (Å²) in [5.41, 5.74) is 6.37. The molecule has 1 rings (SSSR count). The van der Waals surface area contributed by atoms with Gasteiger partial charge in [0.15, 0.2) is 0 Å². The maximum absolute atomic E-state index is 5.73. The molecule has 3 N–H and O–H groups in total. The topological polar surface area (TPSA) is 38.0 Å². The maximum Gasteiger partial charge on any atom is 0.00104 e. The molecule has 1 aliphatic carbocycles. The van der Waals surface area contributed by atoms with Crippen LogP contribution >= 0.6 is 0 Å². The Morgan fingerprint density at radius 1 is 1.25 bits per heavy atom. The Bertz CT molecular complexity index is 172. The van der Waals surface area contributed by atoms with Gasteiger partial charge in [-0.25, -0.2) is 0 Å². The molecule has 0 saturated heterocycles. The molecule has 16 heavy (non-hydrogen) atoms. The lowest BCUT2D eigenvalue weighted by Gasteiger charge is -2.27.